The van der Waals surface area contributed by atoms with Crippen molar-refractivity contribution in [3.8, 4) is 0 Å². The minimum Gasteiger partial charge on any atom is -0.451 e. The molecule has 0 unspecified atom stereocenters. The van der Waals surface area contributed by atoms with E-state index in [1.165, 1.54) is 10.9 Å². The van der Waals surface area contributed by atoms with Gasteiger partial charge in [-0.15, -0.1) is 0 Å². The van der Waals surface area contributed by atoms with Crippen LogP contribution < -0.4 is 0 Å². The fraction of sp³-hybridized carbons (Fsp3) is 0.143. The maximum atomic E-state index is 12.7. The molecule has 3 aliphatic heterocycles. The number of esters is 2. The standard InChI is InChI=1S/C28H20N2O4/c31-27-20-10-3-1-8-17(20)23(33-27)15-30-14-13-18-16-7-5-6-12-22(16)29-24(18)25(30)26-19-9-2-4-11-21(19)28(32)34-26/h1-12,15,25-26,29H,13-14H2/b23-15-/t25-,26-/m0/s1. The Balaban J connectivity index is 1.40. The average molecular weight is 448 g/mol. The summed E-state index contributed by atoms with van der Waals surface area (Å²) < 4.78 is 11.6. The number of cyclic esters (lactones) is 2. The molecule has 3 aromatic carbocycles. The zero-order valence-corrected chi connectivity index (χ0v) is 18.2. The van der Waals surface area contributed by atoms with Crippen LogP contribution in [0.25, 0.3) is 16.7 Å². The van der Waals surface area contributed by atoms with E-state index in [2.05, 4.69) is 22.0 Å². The van der Waals surface area contributed by atoms with E-state index in [9.17, 15) is 9.59 Å². The number of hydrogen-bond donors (Lipinski definition) is 1. The summed E-state index contributed by atoms with van der Waals surface area (Å²) in [5, 5.41) is 1.19. The van der Waals surface area contributed by atoms with Crippen molar-refractivity contribution >= 4 is 28.6 Å². The van der Waals surface area contributed by atoms with E-state index in [4.69, 9.17) is 9.47 Å². The number of aromatic amines is 1. The molecule has 3 aliphatic rings. The number of carbonyl (C=O) groups is 2. The minimum atomic E-state index is -0.486. The first-order valence-electron chi connectivity index (χ1n) is 11.4. The summed E-state index contributed by atoms with van der Waals surface area (Å²) in [7, 11) is 0. The van der Waals surface area contributed by atoms with Crippen LogP contribution in [0, 0.1) is 0 Å². The highest BCUT2D eigenvalue weighted by Gasteiger charge is 2.43. The van der Waals surface area contributed by atoms with Gasteiger partial charge in [0.1, 0.15) is 6.04 Å². The molecule has 0 spiro atoms. The molecule has 1 aromatic heterocycles. The van der Waals surface area contributed by atoms with Gasteiger partial charge >= 0.3 is 11.9 Å². The molecule has 4 aromatic rings. The van der Waals surface area contributed by atoms with Crippen molar-refractivity contribution in [2.45, 2.75) is 18.6 Å². The SMILES string of the molecule is O=C1O/C(=C\N2CCc3c([nH]c4ccccc34)[C@H]2[C@H]2OC(=O)c3ccccc32)c2ccccc21. The number of fused-ring (bicyclic) bond motifs is 5. The van der Waals surface area contributed by atoms with Crippen molar-refractivity contribution < 1.29 is 19.1 Å². The predicted molar refractivity (Wildman–Crippen MR) is 126 cm³/mol. The second-order valence-electron chi connectivity index (χ2n) is 8.84. The highest BCUT2D eigenvalue weighted by molar-refractivity contribution is 6.02. The highest BCUT2D eigenvalue weighted by Crippen LogP contribution is 2.47. The van der Waals surface area contributed by atoms with Crippen molar-refractivity contribution in [1.29, 1.82) is 0 Å². The average Bonchev–Trinajstić information content (AvgIpc) is 3.51. The molecule has 0 radical (unpaired) electrons. The Morgan fingerprint density at radius 1 is 0.853 bits per heavy atom. The van der Waals surface area contributed by atoms with Gasteiger partial charge in [-0.1, -0.05) is 54.6 Å². The van der Waals surface area contributed by atoms with Crippen molar-refractivity contribution in [1.82, 2.24) is 9.88 Å². The fourth-order valence-corrected chi connectivity index (χ4v) is 5.50. The smallest absolute Gasteiger partial charge is 0.344 e. The maximum absolute atomic E-state index is 12.7. The third-order valence-electron chi connectivity index (χ3n) is 7.03. The predicted octanol–water partition coefficient (Wildman–Crippen LogP) is 5.15. The molecular formula is C28H20N2O4. The second-order valence-corrected chi connectivity index (χ2v) is 8.84. The highest BCUT2D eigenvalue weighted by atomic mass is 16.6. The first-order chi connectivity index (χ1) is 16.7. The maximum Gasteiger partial charge on any atom is 0.344 e. The Morgan fingerprint density at radius 3 is 2.47 bits per heavy atom. The summed E-state index contributed by atoms with van der Waals surface area (Å²) in [6, 6.07) is 22.9. The lowest BCUT2D eigenvalue weighted by Crippen LogP contribution is -2.35. The molecular weight excluding hydrogens is 428 g/mol. The fourth-order valence-electron chi connectivity index (χ4n) is 5.50. The lowest BCUT2D eigenvalue weighted by atomic mass is 9.90. The molecule has 34 heavy (non-hydrogen) atoms. The van der Waals surface area contributed by atoms with Gasteiger partial charge in [0.2, 0.25) is 0 Å². The molecule has 0 bridgehead atoms. The van der Waals surface area contributed by atoms with Crippen LogP contribution in [0.1, 0.15) is 55.2 Å². The van der Waals surface area contributed by atoms with Crippen LogP contribution in [-0.2, 0) is 15.9 Å². The zero-order chi connectivity index (χ0) is 22.8. The summed E-state index contributed by atoms with van der Waals surface area (Å²) >= 11 is 0. The monoisotopic (exact) mass is 448 g/mol. The third-order valence-corrected chi connectivity index (χ3v) is 7.03. The third kappa shape index (κ3) is 2.68. The summed E-state index contributed by atoms with van der Waals surface area (Å²) in [5.74, 6) is -0.142. The van der Waals surface area contributed by atoms with Gasteiger partial charge in [-0.25, -0.2) is 9.59 Å². The van der Waals surface area contributed by atoms with Crippen LogP contribution in [0.2, 0.25) is 0 Å². The van der Waals surface area contributed by atoms with Gasteiger partial charge < -0.3 is 19.4 Å². The Labute approximate surface area is 195 Å². The first kappa shape index (κ1) is 19.2. The number of nitrogens with zero attached hydrogens (tertiary/aromatic N) is 1. The van der Waals surface area contributed by atoms with Gasteiger partial charge in [-0.3, -0.25) is 0 Å². The van der Waals surface area contributed by atoms with Gasteiger partial charge in [0.05, 0.1) is 11.1 Å². The molecule has 6 heteroatoms. The summed E-state index contributed by atoms with van der Waals surface area (Å²) in [6.07, 6.45) is 2.23. The quantitative estimate of drug-likeness (QED) is 0.430. The van der Waals surface area contributed by atoms with Crippen LogP contribution in [-0.4, -0.2) is 28.4 Å². The Hall–Kier alpha value is -4.32. The topological polar surface area (TPSA) is 71.6 Å². The Kier molecular flexibility index (Phi) is 4.00. The van der Waals surface area contributed by atoms with Crippen molar-refractivity contribution in [2.24, 2.45) is 0 Å². The number of rotatable bonds is 2. The lowest BCUT2D eigenvalue weighted by molar-refractivity contribution is 0.0126. The number of aromatic nitrogens is 1. The van der Waals surface area contributed by atoms with E-state index >= 15 is 0 Å². The van der Waals surface area contributed by atoms with Crippen molar-refractivity contribution in [3.05, 3.63) is 113 Å². The number of para-hydroxylation sites is 1. The lowest BCUT2D eigenvalue weighted by Gasteiger charge is -2.38. The second kappa shape index (κ2) is 7.09. The van der Waals surface area contributed by atoms with E-state index in [0.717, 1.165) is 28.8 Å². The zero-order valence-electron chi connectivity index (χ0n) is 18.2. The van der Waals surface area contributed by atoms with Crippen LogP contribution in [0.3, 0.4) is 0 Å². The number of nitrogens with one attached hydrogen (secondary N) is 1. The summed E-state index contributed by atoms with van der Waals surface area (Å²) in [5.41, 5.74) is 6.12. The van der Waals surface area contributed by atoms with Crippen molar-refractivity contribution in [2.75, 3.05) is 6.54 Å². The largest absolute Gasteiger partial charge is 0.451 e. The van der Waals surface area contributed by atoms with Crippen LogP contribution in [0.5, 0.6) is 0 Å². The summed E-state index contributed by atoms with van der Waals surface area (Å²) in [6.45, 7) is 0.693. The number of carbonyl (C=O) groups excluding carboxylic acids is 2. The molecule has 0 saturated carbocycles. The molecule has 0 amide bonds. The molecule has 7 rings (SSSR count). The minimum absolute atomic E-state index is 0.289. The summed E-state index contributed by atoms with van der Waals surface area (Å²) in [4.78, 5) is 30.9. The first-order valence-corrected chi connectivity index (χ1v) is 11.4. The molecule has 0 saturated heterocycles. The van der Waals surface area contributed by atoms with E-state index in [1.807, 2.05) is 60.8 Å². The van der Waals surface area contributed by atoms with Gasteiger partial charge in [0, 0.05) is 40.5 Å². The van der Waals surface area contributed by atoms with E-state index in [-0.39, 0.29) is 18.0 Å². The van der Waals surface area contributed by atoms with Gasteiger partial charge in [-0.05, 0) is 30.2 Å². The number of hydrogen-bond acceptors (Lipinski definition) is 5. The van der Waals surface area contributed by atoms with Gasteiger partial charge in [-0.2, -0.15) is 0 Å². The Bertz CT molecular complexity index is 1530. The Morgan fingerprint density at radius 2 is 1.59 bits per heavy atom. The van der Waals surface area contributed by atoms with Gasteiger partial charge in [0.15, 0.2) is 11.9 Å². The molecule has 0 aliphatic carbocycles. The van der Waals surface area contributed by atoms with Crippen LogP contribution >= 0.6 is 0 Å². The molecule has 2 atom stereocenters. The molecule has 0 fully saturated rings. The number of H-pyrrole nitrogens is 1. The molecule has 1 N–H and O–H groups in total. The molecule has 166 valence electrons. The number of ether oxygens (including phenoxy) is 2. The van der Waals surface area contributed by atoms with E-state index < -0.39 is 6.10 Å². The van der Waals surface area contributed by atoms with Crippen LogP contribution in [0.15, 0.2) is 79.0 Å². The van der Waals surface area contributed by atoms with Crippen LogP contribution in [0.4, 0.5) is 0 Å². The molecule has 6 nitrogen and oxygen atoms in total. The normalized spacial score (nSPS) is 21.9. The van der Waals surface area contributed by atoms with Gasteiger partial charge in [0.25, 0.3) is 0 Å². The van der Waals surface area contributed by atoms with E-state index in [0.29, 0.717) is 23.4 Å². The van der Waals surface area contributed by atoms with Crippen molar-refractivity contribution in [3.63, 3.8) is 0 Å². The number of benzene rings is 3. The van der Waals surface area contributed by atoms with E-state index in [1.54, 1.807) is 6.07 Å². The molecule has 4 heterocycles.